The van der Waals surface area contributed by atoms with Crippen LogP contribution in [0.3, 0.4) is 0 Å². The van der Waals surface area contributed by atoms with Gasteiger partial charge in [-0.3, -0.25) is 0 Å². The lowest BCUT2D eigenvalue weighted by Crippen LogP contribution is -2.24. The Labute approximate surface area is 109 Å². The van der Waals surface area contributed by atoms with E-state index in [-0.39, 0.29) is 6.04 Å². The zero-order valence-electron chi connectivity index (χ0n) is 11.0. The van der Waals surface area contributed by atoms with Crippen LogP contribution in [0.15, 0.2) is 36.4 Å². The minimum Gasteiger partial charge on any atom is -0.376 e. The monoisotopic (exact) mass is 246 g/mol. The minimum absolute atomic E-state index is 0.162. The van der Waals surface area contributed by atoms with E-state index in [2.05, 4.69) is 36.2 Å². The van der Waals surface area contributed by atoms with Gasteiger partial charge in [0.15, 0.2) is 0 Å². The normalized spacial score (nSPS) is 21.9. The summed E-state index contributed by atoms with van der Waals surface area (Å²) in [6.45, 7) is 7.98. The first-order valence-electron chi connectivity index (χ1n) is 6.48. The van der Waals surface area contributed by atoms with E-state index in [1.54, 1.807) is 0 Å². The van der Waals surface area contributed by atoms with Gasteiger partial charge < -0.3 is 15.8 Å². The van der Waals surface area contributed by atoms with Crippen molar-refractivity contribution in [3.8, 4) is 0 Å². The van der Waals surface area contributed by atoms with Crippen LogP contribution in [0.1, 0.15) is 36.6 Å². The predicted molar refractivity (Wildman–Crippen MR) is 74.4 cm³/mol. The highest BCUT2D eigenvalue weighted by atomic mass is 16.5. The molecule has 2 unspecified atom stereocenters. The van der Waals surface area contributed by atoms with Gasteiger partial charge in [-0.15, -0.1) is 0 Å². The van der Waals surface area contributed by atoms with Gasteiger partial charge in [-0.25, -0.2) is 0 Å². The molecule has 3 N–H and O–H groups in total. The Bertz CT molecular complexity index is 417. The van der Waals surface area contributed by atoms with E-state index in [1.165, 1.54) is 11.1 Å². The van der Waals surface area contributed by atoms with Crippen LogP contribution in [0.2, 0.25) is 0 Å². The first kappa shape index (κ1) is 13.3. The highest BCUT2D eigenvalue weighted by molar-refractivity contribution is 5.37. The Hall–Kier alpha value is -1.16. The Kier molecular flexibility index (Phi) is 4.53. The smallest absolute Gasteiger partial charge is 0.0672 e. The fraction of sp³-hybridized carbons (Fsp3) is 0.467. The van der Waals surface area contributed by atoms with Gasteiger partial charge in [0.25, 0.3) is 0 Å². The molecule has 0 spiro atoms. The van der Waals surface area contributed by atoms with Crippen molar-refractivity contribution in [2.24, 2.45) is 5.73 Å². The molecular weight excluding hydrogens is 224 g/mol. The molecule has 18 heavy (non-hydrogen) atoms. The lowest BCUT2D eigenvalue weighted by molar-refractivity contribution is 0.155. The molecule has 2 rings (SSSR count). The van der Waals surface area contributed by atoms with Crippen LogP contribution < -0.4 is 11.1 Å². The third-order valence-corrected chi connectivity index (χ3v) is 3.25. The van der Waals surface area contributed by atoms with Crippen molar-refractivity contribution in [3.63, 3.8) is 0 Å². The van der Waals surface area contributed by atoms with Crippen molar-refractivity contribution in [2.45, 2.75) is 25.4 Å². The molecule has 0 fully saturated rings. The van der Waals surface area contributed by atoms with Crippen molar-refractivity contribution in [2.75, 3.05) is 19.8 Å². The van der Waals surface area contributed by atoms with Crippen LogP contribution in [-0.4, -0.2) is 19.8 Å². The molecule has 1 aliphatic rings. The molecule has 0 radical (unpaired) electrons. The summed E-state index contributed by atoms with van der Waals surface area (Å²) in [5, 5.41) is 3.51. The lowest BCUT2D eigenvalue weighted by atomic mass is 10.1. The molecule has 2 atom stereocenters. The molecule has 3 heteroatoms. The molecule has 1 aliphatic carbocycles. The SMILES string of the molecule is C=C(C)COCCNC1CC(N)c2ccccc21. The average Bonchev–Trinajstić information content (AvgIpc) is 2.66. The molecule has 3 nitrogen and oxygen atoms in total. The number of fused-ring (bicyclic) bond motifs is 1. The number of rotatable bonds is 6. The molecule has 0 amide bonds. The van der Waals surface area contributed by atoms with Crippen molar-refractivity contribution in [1.82, 2.24) is 5.32 Å². The molecule has 1 aromatic carbocycles. The topological polar surface area (TPSA) is 47.3 Å². The number of nitrogens with one attached hydrogen (secondary N) is 1. The maximum Gasteiger partial charge on any atom is 0.0672 e. The van der Waals surface area contributed by atoms with Crippen LogP contribution in [-0.2, 0) is 4.74 Å². The Morgan fingerprint density at radius 2 is 2.17 bits per heavy atom. The second-order valence-electron chi connectivity index (χ2n) is 4.99. The van der Waals surface area contributed by atoms with Crippen molar-refractivity contribution >= 4 is 0 Å². The van der Waals surface area contributed by atoms with Crippen molar-refractivity contribution in [3.05, 3.63) is 47.5 Å². The Balaban J connectivity index is 1.80. The van der Waals surface area contributed by atoms with E-state index in [0.717, 1.165) is 18.5 Å². The van der Waals surface area contributed by atoms with Crippen LogP contribution in [0, 0.1) is 0 Å². The Morgan fingerprint density at radius 3 is 2.89 bits per heavy atom. The molecular formula is C15H22N2O. The second kappa shape index (κ2) is 6.14. The summed E-state index contributed by atoms with van der Waals surface area (Å²) in [5.74, 6) is 0. The third kappa shape index (κ3) is 3.19. The van der Waals surface area contributed by atoms with E-state index in [4.69, 9.17) is 10.5 Å². The largest absolute Gasteiger partial charge is 0.376 e. The van der Waals surface area contributed by atoms with Gasteiger partial charge in [0.05, 0.1) is 13.2 Å². The lowest BCUT2D eigenvalue weighted by Gasteiger charge is -2.14. The highest BCUT2D eigenvalue weighted by Gasteiger charge is 2.27. The summed E-state index contributed by atoms with van der Waals surface area (Å²) in [6, 6.07) is 8.94. The Morgan fingerprint density at radius 1 is 1.44 bits per heavy atom. The maximum absolute atomic E-state index is 6.12. The van der Waals surface area contributed by atoms with Crippen LogP contribution in [0.25, 0.3) is 0 Å². The summed E-state index contributed by atoms with van der Waals surface area (Å²) in [5.41, 5.74) is 9.80. The molecule has 98 valence electrons. The average molecular weight is 246 g/mol. The molecule has 0 aliphatic heterocycles. The number of benzene rings is 1. The molecule has 0 aromatic heterocycles. The number of hydrogen-bond acceptors (Lipinski definition) is 3. The molecule has 1 aromatic rings. The van der Waals surface area contributed by atoms with E-state index in [0.29, 0.717) is 19.3 Å². The quantitative estimate of drug-likeness (QED) is 0.598. The second-order valence-corrected chi connectivity index (χ2v) is 4.99. The van der Waals surface area contributed by atoms with Crippen LogP contribution in [0.5, 0.6) is 0 Å². The predicted octanol–water partition coefficient (Wildman–Crippen LogP) is 2.31. The summed E-state index contributed by atoms with van der Waals surface area (Å²) in [4.78, 5) is 0. The zero-order chi connectivity index (χ0) is 13.0. The summed E-state index contributed by atoms with van der Waals surface area (Å²) in [6.07, 6.45) is 0.972. The standard InChI is InChI=1S/C15H22N2O/c1-11(2)10-18-8-7-17-15-9-14(16)12-5-3-4-6-13(12)15/h3-6,14-15,17H,1,7-10,16H2,2H3. The van der Waals surface area contributed by atoms with Gasteiger partial charge in [0, 0.05) is 18.6 Å². The summed E-state index contributed by atoms with van der Waals surface area (Å²) in [7, 11) is 0. The molecule has 0 bridgehead atoms. The third-order valence-electron chi connectivity index (χ3n) is 3.25. The van der Waals surface area contributed by atoms with E-state index in [9.17, 15) is 0 Å². The van der Waals surface area contributed by atoms with E-state index >= 15 is 0 Å². The fourth-order valence-electron chi connectivity index (χ4n) is 2.42. The minimum atomic E-state index is 0.162. The van der Waals surface area contributed by atoms with Crippen molar-refractivity contribution in [1.29, 1.82) is 0 Å². The molecule has 0 saturated carbocycles. The summed E-state index contributed by atoms with van der Waals surface area (Å²) < 4.78 is 5.48. The first-order chi connectivity index (χ1) is 8.68. The van der Waals surface area contributed by atoms with Gasteiger partial charge in [0.1, 0.15) is 0 Å². The molecule has 0 heterocycles. The number of ether oxygens (including phenoxy) is 1. The highest BCUT2D eigenvalue weighted by Crippen LogP contribution is 2.36. The van der Waals surface area contributed by atoms with Gasteiger partial charge in [-0.1, -0.05) is 36.4 Å². The fourth-order valence-corrected chi connectivity index (χ4v) is 2.42. The number of nitrogens with two attached hydrogens (primary N) is 1. The zero-order valence-corrected chi connectivity index (χ0v) is 11.0. The van der Waals surface area contributed by atoms with Gasteiger partial charge in [-0.2, -0.15) is 0 Å². The molecule has 0 saturated heterocycles. The maximum atomic E-state index is 6.12. The van der Waals surface area contributed by atoms with Gasteiger partial charge in [0.2, 0.25) is 0 Å². The first-order valence-corrected chi connectivity index (χ1v) is 6.48. The van der Waals surface area contributed by atoms with Crippen LogP contribution >= 0.6 is 0 Å². The van der Waals surface area contributed by atoms with Crippen LogP contribution in [0.4, 0.5) is 0 Å². The van der Waals surface area contributed by atoms with E-state index < -0.39 is 0 Å². The number of hydrogen-bond donors (Lipinski definition) is 2. The van der Waals surface area contributed by atoms with Crippen molar-refractivity contribution < 1.29 is 4.74 Å². The van der Waals surface area contributed by atoms with E-state index in [1.807, 2.05) is 6.92 Å². The van der Waals surface area contributed by atoms with Gasteiger partial charge in [-0.05, 0) is 24.5 Å². The summed E-state index contributed by atoms with van der Waals surface area (Å²) >= 11 is 0. The van der Waals surface area contributed by atoms with Gasteiger partial charge >= 0.3 is 0 Å².